The fraction of sp³-hybridized carbons (Fsp3) is 0.0500. The van der Waals surface area contributed by atoms with E-state index in [0.717, 1.165) is 22.2 Å². The number of aromatic amines is 1. The minimum atomic E-state index is 0.921. The Balaban J connectivity index is 1.86. The summed E-state index contributed by atoms with van der Waals surface area (Å²) >= 11 is 1.77. The lowest BCUT2D eigenvalue weighted by Crippen LogP contribution is -1.81. The summed E-state index contributed by atoms with van der Waals surface area (Å²) in [6.45, 7) is 6.07. The minimum absolute atomic E-state index is 0.921. The van der Waals surface area contributed by atoms with Gasteiger partial charge in [0.15, 0.2) is 0 Å². The molecule has 2 nitrogen and oxygen atoms in total. The van der Waals surface area contributed by atoms with Crippen molar-refractivity contribution in [2.75, 3.05) is 0 Å². The second-order valence-corrected chi connectivity index (χ2v) is 6.72. The summed E-state index contributed by atoms with van der Waals surface area (Å²) in [5.74, 6) is 0. The number of aromatic nitrogens is 2. The van der Waals surface area contributed by atoms with Gasteiger partial charge in [-0.25, -0.2) is 4.98 Å². The van der Waals surface area contributed by atoms with Crippen molar-refractivity contribution in [3.8, 4) is 21.6 Å². The van der Waals surface area contributed by atoms with E-state index >= 15 is 0 Å². The van der Waals surface area contributed by atoms with E-state index in [-0.39, 0.29) is 0 Å². The molecule has 4 aromatic rings. The van der Waals surface area contributed by atoms with E-state index in [4.69, 9.17) is 0 Å². The van der Waals surface area contributed by atoms with E-state index in [1.807, 2.05) is 25.4 Å². The van der Waals surface area contributed by atoms with Gasteiger partial charge in [0.1, 0.15) is 5.65 Å². The number of pyridine rings is 1. The lowest BCUT2D eigenvalue weighted by molar-refractivity contribution is 1.33. The molecule has 3 heterocycles. The molecule has 3 aromatic heterocycles. The topological polar surface area (TPSA) is 28.7 Å². The second kappa shape index (κ2) is 5.52. The maximum absolute atomic E-state index is 4.58. The van der Waals surface area contributed by atoms with Gasteiger partial charge >= 0.3 is 0 Å². The number of thiophene rings is 1. The predicted molar refractivity (Wildman–Crippen MR) is 99.6 cm³/mol. The molecule has 0 amide bonds. The van der Waals surface area contributed by atoms with Gasteiger partial charge in [-0.1, -0.05) is 36.9 Å². The van der Waals surface area contributed by atoms with Crippen molar-refractivity contribution in [3.63, 3.8) is 0 Å². The number of fused-ring (bicyclic) bond motifs is 1. The molecule has 0 bridgehead atoms. The maximum Gasteiger partial charge on any atom is 0.137 e. The smallest absolute Gasteiger partial charge is 0.137 e. The number of nitrogens with zero attached hydrogens (tertiary/aromatic N) is 1. The molecular weight excluding hydrogens is 300 g/mol. The number of benzene rings is 1. The van der Waals surface area contributed by atoms with Crippen LogP contribution in [0.15, 0.2) is 67.5 Å². The maximum atomic E-state index is 4.58. The second-order valence-electron chi connectivity index (χ2n) is 5.63. The monoisotopic (exact) mass is 316 g/mol. The third-order valence-corrected chi connectivity index (χ3v) is 5.21. The van der Waals surface area contributed by atoms with Crippen molar-refractivity contribution in [3.05, 3.63) is 72.4 Å². The highest BCUT2D eigenvalue weighted by Crippen LogP contribution is 2.36. The van der Waals surface area contributed by atoms with Crippen LogP contribution in [0, 0.1) is 0 Å². The van der Waals surface area contributed by atoms with Gasteiger partial charge in [0.05, 0.1) is 0 Å². The van der Waals surface area contributed by atoms with E-state index in [0.29, 0.717) is 0 Å². The first kappa shape index (κ1) is 14.0. The van der Waals surface area contributed by atoms with Crippen molar-refractivity contribution in [1.82, 2.24) is 9.97 Å². The zero-order chi connectivity index (χ0) is 15.8. The highest BCUT2D eigenvalue weighted by atomic mass is 32.1. The van der Waals surface area contributed by atoms with Crippen LogP contribution in [0.25, 0.3) is 38.2 Å². The van der Waals surface area contributed by atoms with E-state index in [9.17, 15) is 0 Å². The zero-order valence-corrected chi connectivity index (χ0v) is 13.7. The van der Waals surface area contributed by atoms with Crippen LogP contribution < -0.4 is 0 Å². The molecular formula is C20H16N2S. The Labute approximate surface area is 139 Å². The molecule has 0 atom stereocenters. The molecule has 0 fully saturated rings. The first-order valence-corrected chi connectivity index (χ1v) is 8.32. The Morgan fingerprint density at radius 3 is 2.65 bits per heavy atom. The van der Waals surface area contributed by atoms with Crippen molar-refractivity contribution >= 4 is 27.9 Å². The number of allylic oxidation sites excluding steroid dienone is 1. The van der Waals surface area contributed by atoms with Crippen LogP contribution in [-0.4, -0.2) is 9.97 Å². The summed E-state index contributed by atoms with van der Waals surface area (Å²) in [5.41, 5.74) is 5.54. The van der Waals surface area contributed by atoms with E-state index < -0.39 is 0 Å². The van der Waals surface area contributed by atoms with Gasteiger partial charge in [-0.3, -0.25) is 0 Å². The van der Waals surface area contributed by atoms with Gasteiger partial charge in [0.25, 0.3) is 0 Å². The highest BCUT2D eigenvalue weighted by Gasteiger charge is 2.11. The van der Waals surface area contributed by atoms with Gasteiger partial charge in [0, 0.05) is 38.7 Å². The summed E-state index contributed by atoms with van der Waals surface area (Å²) in [6, 6.07) is 16.9. The lowest BCUT2D eigenvalue weighted by Gasteiger charge is -2.02. The summed E-state index contributed by atoms with van der Waals surface area (Å²) in [7, 11) is 0. The Morgan fingerprint density at radius 2 is 1.91 bits per heavy atom. The van der Waals surface area contributed by atoms with Gasteiger partial charge in [-0.15, -0.1) is 11.3 Å². The van der Waals surface area contributed by atoms with E-state index in [1.165, 1.54) is 20.9 Å². The molecule has 0 unspecified atom stereocenters. The molecule has 0 aliphatic rings. The van der Waals surface area contributed by atoms with Crippen LogP contribution in [-0.2, 0) is 0 Å². The van der Waals surface area contributed by atoms with E-state index in [2.05, 4.69) is 59.0 Å². The first-order chi connectivity index (χ1) is 11.2. The van der Waals surface area contributed by atoms with Crippen LogP contribution in [0.4, 0.5) is 0 Å². The van der Waals surface area contributed by atoms with Crippen LogP contribution >= 0.6 is 11.3 Å². The molecule has 1 aromatic carbocycles. The molecule has 3 heteroatoms. The van der Waals surface area contributed by atoms with Gasteiger partial charge in [-0.2, -0.15) is 0 Å². The summed E-state index contributed by atoms with van der Waals surface area (Å²) in [4.78, 5) is 10.3. The molecule has 23 heavy (non-hydrogen) atoms. The lowest BCUT2D eigenvalue weighted by atomic mass is 10.1. The fourth-order valence-corrected chi connectivity index (χ4v) is 3.67. The summed E-state index contributed by atoms with van der Waals surface area (Å²) < 4.78 is 0. The van der Waals surface area contributed by atoms with Crippen molar-refractivity contribution < 1.29 is 0 Å². The normalized spacial score (nSPS) is 11.0. The van der Waals surface area contributed by atoms with Gasteiger partial charge in [0.2, 0.25) is 0 Å². The predicted octanol–water partition coefficient (Wildman–Crippen LogP) is 5.99. The van der Waals surface area contributed by atoms with Crippen LogP contribution in [0.5, 0.6) is 0 Å². The average molecular weight is 316 g/mol. The first-order valence-electron chi connectivity index (χ1n) is 7.51. The average Bonchev–Trinajstić information content (AvgIpc) is 3.21. The minimum Gasteiger partial charge on any atom is -0.345 e. The number of H-pyrrole nitrogens is 1. The molecule has 112 valence electrons. The summed E-state index contributed by atoms with van der Waals surface area (Å²) in [5, 5.41) is 1.15. The van der Waals surface area contributed by atoms with Crippen molar-refractivity contribution in [2.24, 2.45) is 0 Å². The van der Waals surface area contributed by atoms with Crippen molar-refractivity contribution in [1.29, 1.82) is 0 Å². The Morgan fingerprint density at radius 1 is 1.09 bits per heavy atom. The molecule has 0 aliphatic heterocycles. The molecule has 0 spiro atoms. The zero-order valence-electron chi connectivity index (χ0n) is 12.8. The quantitative estimate of drug-likeness (QED) is 0.494. The van der Waals surface area contributed by atoms with Crippen LogP contribution in [0.1, 0.15) is 11.8 Å². The number of hydrogen-bond donors (Lipinski definition) is 1. The Bertz CT molecular complexity index is 993. The summed E-state index contributed by atoms with van der Waals surface area (Å²) in [6.07, 6.45) is 3.96. The Kier molecular flexibility index (Phi) is 3.36. The van der Waals surface area contributed by atoms with Gasteiger partial charge < -0.3 is 4.98 Å². The van der Waals surface area contributed by atoms with Crippen LogP contribution in [0.2, 0.25) is 0 Å². The Hall–Kier alpha value is -2.65. The molecule has 4 rings (SSSR count). The third-order valence-electron chi connectivity index (χ3n) is 3.93. The van der Waals surface area contributed by atoms with Gasteiger partial charge in [-0.05, 0) is 36.3 Å². The third kappa shape index (κ3) is 2.49. The number of nitrogens with one attached hydrogen (secondary N) is 1. The molecule has 0 saturated heterocycles. The van der Waals surface area contributed by atoms with Crippen LogP contribution in [0.3, 0.4) is 0 Å². The molecule has 0 saturated carbocycles. The molecule has 0 aliphatic carbocycles. The number of hydrogen-bond acceptors (Lipinski definition) is 2. The largest absolute Gasteiger partial charge is 0.345 e. The molecule has 0 radical (unpaired) electrons. The van der Waals surface area contributed by atoms with E-state index in [1.54, 1.807) is 11.3 Å². The SMILES string of the molecule is C=C(C)c1ccc(-c2c[nH]c3ncc(-c4ccccc4)cc23)s1. The standard InChI is InChI=1S/C20H16N2S/c1-13(2)18-8-9-19(23-18)17-12-22-20-16(17)10-15(11-21-20)14-6-4-3-5-7-14/h3-12H,1H2,2H3,(H,21,22). The number of rotatable bonds is 3. The molecule has 1 N–H and O–H groups in total. The fourth-order valence-electron chi connectivity index (χ4n) is 2.71. The van der Waals surface area contributed by atoms with Crippen molar-refractivity contribution in [2.45, 2.75) is 6.92 Å². The highest BCUT2D eigenvalue weighted by molar-refractivity contribution is 7.16.